The second kappa shape index (κ2) is 6.77. The van der Waals surface area contributed by atoms with Crippen molar-refractivity contribution in [3.05, 3.63) is 16.6 Å². The molecule has 0 amide bonds. The van der Waals surface area contributed by atoms with E-state index in [1.807, 2.05) is 25.0 Å². The molecule has 1 saturated heterocycles. The number of piperazine rings is 1. The van der Waals surface area contributed by atoms with Crippen LogP contribution in [0.25, 0.3) is 0 Å². The van der Waals surface area contributed by atoms with Crippen LogP contribution < -0.4 is 5.32 Å². The van der Waals surface area contributed by atoms with Crippen molar-refractivity contribution in [2.24, 2.45) is 7.05 Å². The van der Waals surface area contributed by atoms with Crippen molar-refractivity contribution in [1.82, 2.24) is 24.7 Å². The highest BCUT2D eigenvalue weighted by Gasteiger charge is 2.31. The number of aryl methyl sites for hydroxylation is 1. The summed E-state index contributed by atoms with van der Waals surface area (Å²) in [5.74, 6) is 0. The van der Waals surface area contributed by atoms with E-state index in [0.717, 1.165) is 43.0 Å². The number of aromatic nitrogens is 2. The number of likely N-dealkylation sites (N-methyl/N-ethyl adjacent to an activating group) is 1. The van der Waals surface area contributed by atoms with Crippen LogP contribution in [0.15, 0.2) is 10.9 Å². The summed E-state index contributed by atoms with van der Waals surface area (Å²) < 4.78 is 3.12. The van der Waals surface area contributed by atoms with Crippen LogP contribution in [0.3, 0.4) is 0 Å². The van der Waals surface area contributed by atoms with Crippen molar-refractivity contribution in [1.29, 1.82) is 0 Å². The number of nitrogens with zero attached hydrogens (tertiary/aromatic N) is 4. The summed E-state index contributed by atoms with van der Waals surface area (Å²) in [6.07, 6.45) is 1.88. The maximum Gasteiger partial charge on any atom is 0.109 e. The summed E-state index contributed by atoms with van der Waals surface area (Å²) in [5.41, 5.74) is 1.40. The van der Waals surface area contributed by atoms with Crippen LogP contribution in [0.2, 0.25) is 0 Å². The molecule has 2 heterocycles. The topological polar surface area (TPSA) is 36.3 Å². The molecule has 0 aliphatic carbocycles. The first-order valence-corrected chi connectivity index (χ1v) is 8.44. The first kappa shape index (κ1) is 16.9. The fraction of sp³-hybridized carbons (Fsp3) is 0.800. The van der Waals surface area contributed by atoms with Gasteiger partial charge in [-0.05, 0) is 43.7 Å². The Morgan fingerprint density at radius 2 is 1.90 bits per heavy atom. The average Bonchev–Trinajstić information content (AvgIpc) is 2.76. The summed E-state index contributed by atoms with van der Waals surface area (Å²) in [6, 6.07) is 0.327. The zero-order valence-electron chi connectivity index (χ0n) is 13.9. The van der Waals surface area contributed by atoms with Gasteiger partial charge in [-0.3, -0.25) is 9.80 Å². The fourth-order valence-electron chi connectivity index (χ4n) is 2.95. The molecule has 0 radical (unpaired) electrons. The van der Waals surface area contributed by atoms with Gasteiger partial charge in [-0.1, -0.05) is 0 Å². The Bertz CT molecular complexity index is 457. The lowest BCUT2D eigenvalue weighted by atomic mass is 10.0. The minimum atomic E-state index is 0.260. The number of halogens is 1. The van der Waals surface area contributed by atoms with Crippen LogP contribution in [0.5, 0.6) is 0 Å². The molecule has 1 aliphatic rings. The molecule has 0 saturated carbocycles. The van der Waals surface area contributed by atoms with Gasteiger partial charge in [0.2, 0.25) is 0 Å². The van der Waals surface area contributed by atoms with E-state index in [4.69, 9.17) is 0 Å². The van der Waals surface area contributed by atoms with E-state index in [2.05, 4.69) is 56.8 Å². The van der Waals surface area contributed by atoms with E-state index < -0.39 is 0 Å². The molecule has 1 unspecified atom stereocenters. The van der Waals surface area contributed by atoms with Crippen molar-refractivity contribution >= 4 is 15.9 Å². The van der Waals surface area contributed by atoms with Gasteiger partial charge >= 0.3 is 0 Å². The van der Waals surface area contributed by atoms with E-state index >= 15 is 0 Å². The molecule has 6 heteroatoms. The van der Waals surface area contributed by atoms with Gasteiger partial charge in [0, 0.05) is 45.3 Å². The summed E-state index contributed by atoms with van der Waals surface area (Å²) >= 11 is 3.67. The third-order valence-electron chi connectivity index (χ3n) is 4.31. The second-order valence-electron chi connectivity index (χ2n) is 6.80. The molecular formula is C15H28BrN5. The van der Waals surface area contributed by atoms with Gasteiger partial charge in [0.1, 0.15) is 4.60 Å². The third-order valence-corrected chi connectivity index (χ3v) is 5.27. The Labute approximate surface area is 136 Å². The third kappa shape index (κ3) is 3.86. The molecule has 1 aliphatic heterocycles. The van der Waals surface area contributed by atoms with Crippen molar-refractivity contribution in [2.45, 2.75) is 32.4 Å². The standard InChI is InChI=1S/C15H28BrN5/c1-15(2,3)21-8-6-20(7-9-21)12(10-17-4)13-14(16)19(5)11-18-13/h11-12,17H,6-10H2,1-5H3. The van der Waals surface area contributed by atoms with Crippen LogP contribution >= 0.6 is 15.9 Å². The highest BCUT2D eigenvalue weighted by Crippen LogP contribution is 2.28. The first-order chi connectivity index (χ1) is 9.84. The molecule has 2 rings (SSSR count). The highest BCUT2D eigenvalue weighted by atomic mass is 79.9. The lowest BCUT2D eigenvalue weighted by Crippen LogP contribution is -2.54. The minimum absolute atomic E-state index is 0.260. The van der Waals surface area contributed by atoms with Gasteiger partial charge in [-0.15, -0.1) is 0 Å². The van der Waals surface area contributed by atoms with E-state index in [1.54, 1.807) is 0 Å². The number of nitrogens with one attached hydrogen (secondary N) is 1. The Morgan fingerprint density at radius 1 is 1.29 bits per heavy atom. The summed E-state index contributed by atoms with van der Waals surface area (Å²) in [7, 11) is 4.03. The molecule has 120 valence electrons. The molecule has 5 nitrogen and oxygen atoms in total. The Kier molecular flexibility index (Phi) is 5.46. The summed E-state index contributed by atoms with van der Waals surface area (Å²) in [5, 5.41) is 3.32. The van der Waals surface area contributed by atoms with Crippen molar-refractivity contribution < 1.29 is 0 Å². The van der Waals surface area contributed by atoms with Gasteiger partial charge in [0.05, 0.1) is 18.1 Å². The van der Waals surface area contributed by atoms with Gasteiger partial charge in [-0.2, -0.15) is 0 Å². The number of rotatable bonds is 4. The first-order valence-electron chi connectivity index (χ1n) is 7.65. The van der Waals surface area contributed by atoms with Crippen LogP contribution in [-0.4, -0.2) is 64.7 Å². The number of imidazole rings is 1. The second-order valence-corrected chi connectivity index (χ2v) is 7.55. The van der Waals surface area contributed by atoms with Crippen LogP contribution in [0, 0.1) is 0 Å². The fourth-order valence-corrected chi connectivity index (χ4v) is 3.41. The van der Waals surface area contributed by atoms with E-state index in [9.17, 15) is 0 Å². The zero-order chi connectivity index (χ0) is 15.6. The summed E-state index contributed by atoms with van der Waals surface area (Å²) in [4.78, 5) is 9.71. The smallest absolute Gasteiger partial charge is 0.109 e. The molecule has 1 aromatic heterocycles. The maximum atomic E-state index is 4.60. The lowest BCUT2D eigenvalue weighted by Gasteiger charge is -2.44. The van der Waals surface area contributed by atoms with Crippen LogP contribution in [0.4, 0.5) is 0 Å². The molecule has 1 fully saturated rings. The number of hydrogen-bond donors (Lipinski definition) is 1. The molecule has 1 N–H and O–H groups in total. The van der Waals surface area contributed by atoms with Gasteiger partial charge in [-0.25, -0.2) is 4.98 Å². The molecule has 21 heavy (non-hydrogen) atoms. The normalized spacial score (nSPS) is 19.9. The van der Waals surface area contributed by atoms with Crippen molar-refractivity contribution in [2.75, 3.05) is 39.8 Å². The highest BCUT2D eigenvalue weighted by molar-refractivity contribution is 9.10. The quantitative estimate of drug-likeness (QED) is 0.892. The molecular weight excluding hydrogens is 330 g/mol. The lowest BCUT2D eigenvalue weighted by molar-refractivity contribution is 0.0409. The average molecular weight is 358 g/mol. The van der Waals surface area contributed by atoms with Crippen LogP contribution in [0.1, 0.15) is 32.5 Å². The van der Waals surface area contributed by atoms with Gasteiger partial charge in [0.15, 0.2) is 0 Å². The SMILES string of the molecule is CNCC(c1ncn(C)c1Br)N1CCN(C(C)(C)C)CC1. The molecule has 1 aromatic rings. The maximum absolute atomic E-state index is 4.60. The van der Waals surface area contributed by atoms with Gasteiger partial charge < -0.3 is 9.88 Å². The Balaban J connectivity index is 2.09. The van der Waals surface area contributed by atoms with E-state index in [1.165, 1.54) is 0 Å². The van der Waals surface area contributed by atoms with Crippen LogP contribution in [-0.2, 0) is 7.05 Å². The largest absolute Gasteiger partial charge is 0.328 e. The van der Waals surface area contributed by atoms with Crippen molar-refractivity contribution in [3.63, 3.8) is 0 Å². The molecule has 0 aromatic carbocycles. The minimum Gasteiger partial charge on any atom is -0.328 e. The van der Waals surface area contributed by atoms with E-state index in [-0.39, 0.29) is 5.54 Å². The molecule has 0 bridgehead atoms. The summed E-state index contributed by atoms with van der Waals surface area (Å²) in [6.45, 7) is 12.2. The molecule has 0 spiro atoms. The van der Waals surface area contributed by atoms with E-state index in [0.29, 0.717) is 6.04 Å². The van der Waals surface area contributed by atoms with Crippen molar-refractivity contribution in [3.8, 4) is 0 Å². The Hall–Kier alpha value is -0.430. The predicted octanol–water partition coefficient (Wildman–Crippen LogP) is 1.86. The monoisotopic (exact) mass is 357 g/mol. The zero-order valence-corrected chi connectivity index (χ0v) is 15.4. The number of hydrogen-bond acceptors (Lipinski definition) is 4. The van der Waals surface area contributed by atoms with Gasteiger partial charge in [0.25, 0.3) is 0 Å². The predicted molar refractivity (Wildman–Crippen MR) is 90.5 cm³/mol. The Morgan fingerprint density at radius 3 is 2.33 bits per heavy atom. The molecule has 1 atom stereocenters.